The third-order valence-electron chi connectivity index (χ3n) is 3.87. The molecule has 24 heavy (non-hydrogen) atoms. The van der Waals surface area contributed by atoms with E-state index in [-0.39, 0.29) is 12.2 Å². The van der Waals surface area contributed by atoms with Gasteiger partial charge in [-0.05, 0) is 19.9 Å². The van der Waals surface area contributed by atoms with E-state index in [4.69, 9.17) is 4.74 Å². The lowest BCUT2D eigenvalue weighted by Crippen LogP contribution is -2.32. The number of benzene rings is 2. The largest absolute Gasteiger partial charge is 0.464 e. The summed E-state index contributed by atoms with van der Waals surface area (Å²) in [6, 6.07) is 16.1. The van der Waals surface area contributed by atoms with Crippen LogP contribution in [-0.2, 0) is 9.53 Å². The average molecular weight is 322 g/mol. The lowest BCUT2D eigenvalue weighted by molar-refractivity contribution is -0.146. The molecule has 0 bridgehead atoms. The molecule has 0 aliphatic heterocycles. The molecule has 122 valence electrons. The molecule has 1 atom stereocenters. The third-order valence-corrected chi connectivity index (χ3v) is 3.87. The van der Waals surface area contributed by atoms with E-state index in [0.717, 1.165) is 10.9 Å². The molecule has 0 aliphatic carbocycles. The second-order valence-corrected chi connectivity index (χ2v) is 5.44. The van der Waals surface area contributed by atoms with Gasteiger partial charge in [0.15, 0.2) is 6.04 Å². The van der Waals surface area contributed by atoms with Crippen LogP contribution in [0.4, 0.5) is 0 Å². The highest BCUT2D eigenvalue weighted by Gasteiger charge is 2.21. The van der Waals surface area contributed by atoms with Crippen molar-refractivity contribution < 1.29 is 9.53 Å². The topological polar surface area (TPSA) is 61.2 Å². The van der Waals surface area contributed by atoms with Crippen molar-refractivity contribution in [1.29, 1.82) is 0 Å². The molecule has 5 heteroatoms. The van der Waals surface area contributed by atoms with Gasteiger partial charge in [0.05, 0.1) is 17.7 Å². The molecule has 1 aromatic heterocycles. The van der Waals surface area contributed by atoms with Gasteiger partial charge < -0.3 is 4.74 Å². The zero-order chi connectivity index (χ0) is 17.1. The molecule has 0 saturated heterocycles. The molecule has 0 amide bonds. The minimum absolute atomic E-state index is 0.261. The lowest BCUT2D eigenvalue weighted by atomic mass is 10.1. The van der Waals surface area contributed by atoms with E-state index in [1.165, 1.54) is 4.68 Å². The van der Waals surface area contributed by atoms with Gasteiger partial charge in [0.25, 0.3) is 5.56 Å². The molecule has 0 aliphatic rings. The molecule has 1 heterocycles. The van der Waals surface area contributed by atoms with Crippen molar-refractivity contribution in [3.05, 3.63) is 65.0 Å². The number of fused-ring (bicyclic) bond motifs is 1. The van der Waals surface area contributed by atoms with E-state index < -0.39 is 12.0 Å². The maximum absolute atomic E-state index is 12.8. The van der Waals surface area contributed by atoms with Crippen LogP contribution in [0.1, 0.15) is 19.9 Å². The van der Waals surface area contributed by atoms with Crippen molar-refractivity contribution in [1.82, 2.24) is 9.78 Å². The Bertz CT molecular complexity index is 932. The first kappa shape index (κ1) is 15.9. The number of rotatable bonds is 4. The normalized spacial score (nSPS) is 12.1. The van der Waals surface area contributed by atoms with Crippen LogP contribution in [0.2, 0.25) is 0 Å². The lowest BCUT2D eigenvalue weighted by Gasteiger charge is -2.15. The number of nitrogens with zero attached hydrogens (tertiary/aromatic N) is 2. The smallest absolute Gasteiger partial charge is 0.330 e. The van der Waals surface area contributed by atoms with E-state index in [0.29, 0.717) is 11.1 Å². The summed E-state index contributed by atoms with van der Waals surface area (Å²) in [5.41, 5.74) is 1.26. The second kappa shape index (κ2) is 6.66. The van der Waals surface area contributed by atoms with Crippen molar-refractivity contribution in [2.75, 3.05) is 6.61 Å². The number of aromatic nitrogens is 2. The second-order valence-electron chi connectivity index (χ2n) is 5.44. The Kier molecular flexibility index (Phi) is 4.42. The summed E-state index contributed by atoms with van der Waals surface area (Å²) in [5, 5.41) is 5.77. The maximum atomic E-state index is 12.8. The summed E-state index contributed by atoms with van der Waals surface area (Å²) < 4.78 is 6.24. The molecule has 2 aromatic carbocycles. The summed E-state index contributed by atoms with van der Waals surface area (Å²) in [6.45, 7) is 3.61. The van der Waals surface area contributed by atoms with Crippen LogP contribution in [0, 0.1) is 0 Å². The van der Waals surface area contributed by atoms with Crippen LogP contribution in [0.25, 0.3) is 22.0 Å². The zero-order valence-corrected chi connectivity index (χ0v) is 13.6. The Morgan fingerprint density at radius 2 is 1.71 bits per heavy atom. The minimum Gasteiger partial charge on any atom is -0.464 e. The van der Waals surface area contributed by atoms with Crippen LogP contribution in [0.3, 0.4) is 0 Å². The Hall–Kier alpha value is -2.95. The standard InChI is InChI=1S/C19H18N2O3/c1-3-24-19(23)13(2)21-18(22)16-12-8-7-11-15(16)17(20-21)14-9-5-4-6-10-14/h4-13H,3H2,1-2H3/t13-/m0/s1. The summed E-state index contributed by atoms with van der Waals surface area (Å²) in [5.74, 6) is -0.471. The zero-order valence-electron chi connectivity index (χ0n) is 13.6. The highest BCUT2D eigenvalue weighted by Crippen LogP contribution is 2.25. The Morgan fingerprint density at radius 3 is 2.38 bits per heavy atom. The molecule has 0 N–H and O–H groups in total. The van der Waals surface area contributed by atoms with Gasteiger partial charge in [-0.25, -0.2) is 9.48 Å². The fourth-order valence-electron chi connectivity index (χ4n) is 2.64. The van der Waals surface area contributed by atoms with Crippen LogP contribution >= 0.6 is 0 Å². The quantitative estimate of drug-likeness (QED) is 0.692. The number of carbonyl (C=O) groups excluding carboxylic acids is 1. The predicted molar refractivity (Wildman–Crippen MR) is 92.8 cm³/mol. The molecule has 5 nitrogen and oxygen atoms in total. The Morgan fingerprint density at radius 1 is 1.08 bits per heavy atom. The van der Waals surface area contributed by atoms with E-state index in [1.54, 1.807) is 26.0 Å². The summed E-state index contributed by atoms with van der Waals surface area (Å²) in [7, 11) is 0. The molecule has 0 saturated carbocycles. The number of ether oxygens (including phenoxy) is 1. The monoisotopic (exact) mass is 322 g/mol. The minimum atomic E-state index is -0.787. The maximum Gasteiger partial charge on any atom is 0.330 e. The van der Waals surface area contributed by atoms with Crippen molar-refractivity contribution in [2.24, 2.45) is 0 Å². The molecule has 3 rings (SSSR count). The first-order valence-corrected chi connectivity index (χ1v) is 7.87. The van der Waals surface area contributed by atoms with Crippen molar-refractivity contribution >= 4 is 16.7 Å². The predicted octanol–water partition coefficient (Wildman–Crippen LogP) is 3.19. The Balaban J connectivity index is 2.27. The van der Waals surface area contributed by atoms with Crippen LogP contribution in [-0.4, -0.2) is 22.4 Å². The van der Waals surface area contributed by atoms with Crippen molar-refractivity contribution in [3.8, 4) is 11.3 Å². The molecular formula is C19H18N2O3. The van der Waals surface area contributed by atoms with Crippen LogP contribution < -0.4 is 5.56 Å². The number of hydrogen-bond donors (Lipinski definition) is 0. The third kappa shape index (κ3) is 2.80. The first-order chi connectivity index (χ1) is 11.6. The number of carbonyl (C=O) groups is 1. The molecule has 0 radical (unpaired) electrons. The van der Waals surface area contributed by atoms with Crippen LogP contribution in [0.5, 0.6) is 0 Å². The average Bonchev–Trinajstić information content (AvgIpc) is 2.62. The molecular weight excluding hydrogens is 304 g/mol. The van der Waals surface area contributed by atoms with Gasteiger partial charge in [-0.1, -0.05) is 48.5 Å². The van der Waals surface area contributed by atoms with Gasteiger partial charge in [-0.15, -0.1) is 0 Å². The van der Waals surface area contributed by atoms with E-state index in [1.807, 2.05) is 42.5 Å². The molecule has 0 spiro atoms. The molecule has 0 unspecified atom stereocenters. The van der Waals surface area contributed by atoms with Gasteiger partial charge in [0.1, 0.15) is 0 Å². The van der Waals surface area contributed by atoms with Gasteiger partial charge in [-0.2, -0.15) is 5.10 Å². The van der Waals surface area contributed by atoms with Gasteiger partial charge in [-0.3, -0.25) is 4.79 Å². The van der Waals surface area contributed by atoms with Gasteiger partial charge in [0, 0.05) is 10.9 Å². The van der Waals surface area contributed by atoms with E-state index in [9.17, 15) is 9.59 Å². The van der Waals surface area contributed by atoms with Crippen molar-refractivity contribution in [3.63, 3.8) is 0 Å². The number of esters is 1. The van der Waals surface area contributed by atoms with Crippen LogP contribution in [0.15, 0.2) is 59.4 Å². The molecule has 0 fully saturated rings. The SMILES string of the molecule is CCOC(=O)[C@H](C)n1nc(-c2ccccc2)c2ccccc2c1=O. The first-order valence-electron chi connectivity index (χ1n) is 7.87. The summed E-state index contributed by atoms with van der Waals surface area (Å²) in [6.07, 6.45) is 0. The number of hydrogen-bond acceptors (Lipinski definition) is 4. The summed E-state index contributed by atoms with van der Waals surface area (Å²) in [4.78, 5) is 24.8. The highest BCUT2D eigenvalue weighted by atomic mass is 16.5. The fraction of sp³-hybridized carbons (Fsp3) is 0.211. The summed E-state index contributed by atoms with van der Waals surface area (Å²) >= 11 is 0. The van der Waals surface area contributed by atoms with Gasteiger partial charge >= 0.3 is 5.97 Å². The van der Waals surface area contributed by atoms with E-state index >= 15 is 0 Å². The highest BCUT2D eigenvalue weighted by molar-refractivity contribution is 5.93. The fourth-order valence-corrected chi connectivity index (χ4v) is 2.64. The molecule has 3 aromatic rings. The van der Waals surface area contributed by atoms with Crippen molar-refractivity contribution in [2.45, 2.75) is 19.9 Å². The van der Waals surface area contributed by atoms with E-state index in [2.05, 4.69) is 5.10 Å². The van der Waals surface area contributed by atoms with Gasteiger partial charge in [0.2, 0.25) is 0 Å². The Labute approximate surface area is 139 Å².